The Hall–Kier alpha value is -2.50. The molecule has 1 aliphatic heterocycles. The fourth-order valence-corrected chi connectivity index (χ4v) is 2.01. The summed E-state index contributed by atoms with van der Waals surface area (Å²) in [4.78, 5) is 17.3. The minimum atomic E-state index is -0.0220. The number of amides is 1. The molecule has 1 fully saturated rings. The lowest BCUT2D eigenvalue weighted by Crippen LogP contribution is -2.24. The van der Waals surface area contributed by atoms with Crippen molar-refractivity contribution in [3.63, 3.8) is 0 Å². The molecule has 0 saturated carbocycles. The van der Waals surface area contributed by atoms with Gasteiger partial charge < -0.3 is 4.42 Å². The first-order valence-corrected chi connectivity index (χ1v) is 5.95. The first kappa shape index (κ1) is 11.6. The molecule has 1 saturated heterocycles. The van der Waals surface area contributed by atoms with Gasteiger partial charge >= 0.3 is 6.01 Å². The van der Waals surface area contributed by atoms with Crippen molar-refractivity contribution in [1.82, 2.24) is 15.2 Å². The molecule has 0 N–H and O–H groups in total. The molecule has 0 radical (unpaired) electrons. The summed E-state index contributed by atoms with van der Waals surface area (Å²) in [6, 6.07) is 3.84. The third-order valence-electron chi connectivity index (χ3n) is 3.04. The largest absolute Gasteiger partial charge is 0.403 e. The van der Waals surface area contributed by atoms with Crippen LogP contribution in [0, 0.1) is 5.92 Å². The maximum absolute atomic E-state index is 11.8. The molecule has 2 aromatic heterocycles. The van der Waals surface area contributed by atoms with Crippen molar-refractivity contribution in [3.8, 4) is 11.5 Å². The zero-order valence-corrected chi connectivity index (χ0v) is 10.2. The normalized spacial score (nSPS) is 18.8. The topological polar surface area (TPSA) is 72.1 Å². The Morgan fingerprint density at radius 1 is 1.47 bits per heavy atom. The minimum absolute atomic E-state index is 0.0220. The summed E-state index contributed by atoms with van der Waals surface area (Å²) in [5.41, 5.74) is 0.730. The molecule has 19 heavy (non-hydrogen) atoms. The summed E-state index contributed by atoms with van der Waals surface area (Å²) in [7, 11) is 0. The second-order valence-corrected chi connectivity index (χ2v) is 4.34. The average molecular weight is 256 g/mol. The molecule has 1 unspecified atom stereocenters. The fraction of sp³-hybridized carbons (Fsp3) is 0.231. The van der Waals surface area contributed by atoms with Crippen LogP contribution in [0.2, 0.25) is 0 Å². The second kappa shape index (κ2) is 4.64. The highest BCUT2D eigenvalue weighted by molar-refractivity contribution is 5.94. The van der Waals surface area contributed by atoms with Crippen molar-refractivity contribution in [2.75, 3.05) is 11.4 Å². The van der Waals surface area contributed by atoms with Crippen LogP contribution in [-0.2, 0) is 4.79 Å². The van der Waals surface area contributed by atoms with Gasteiger partial charge in [-0.1, -0.05) is 11.2 Å². The van der Waals surface area contributed by atoms with Gasteiger partial charge in [0.05, 0.1) is 5.56 Å². The van der Waals surface area contributed by atoms with Gasteiger partial charge in [-0.3, -0.25) is 14.7 Å². The van der Waals surface area contributed by atoms with E-state index in [4.69, 9.17) is 4.42 Å². The van der Waals surface area contributed by atoms with Crippen molar-refractivity contribution >= 4 is 11.9 Å². The van der Waals surface area contributed by atoms with E-state index in [0.717, 1.165) is 5.56 Å². The van der Waals surface area contributed by atoms with Gasteiger partial charge in [0, 0.05) is 31.3 Å². The molecule has 1 amide bonds. The smallest absolute Gasteiger partial charge is 0.325 e. The summed E-state index contributed by atoms with van der Waals surface area (Å²) in [6.45, 7) is 4.24. The van der Waals surface area contributed by atoms with Crippen molar-refractivity contribution < 1.29 is 9.21 Å². The quantitative estimate of drug-likeness (QED) is 0.781. The van der Waals surface area contributed by atoms with Gasteiger partial charge in [-0.15, -0.1) is 11.7 Å². The number of hydrogen-bond donors (Lipinski definition) is 0. The van der Waals surface area contributed by atoms with Gasteiger partial charge in [-0.2, -0.15) is 0 Å². The molecule has 6 heteroatoms. The number of carbonyl (C=O) groups excluding carboxylic acids is 1. The predicted octanol–water partition coefficient (Wildman–Crippen LogP) is 1.67. The monoisotopic (exact) mass is 256 g/mol. The van der Waals surface area contributed by atoms with E-state index in [9.17, 15) is 4.79 Å². The first-order chi connectivity index (χ1) is 9.28. The molecule has 6 nitrogen and oxygen atoms in total. The Morgan fingerprint density at radius 3 is 3.05 bits per heavy atom. The van der Waals surface area contributed by atoms with E-state index in [0.29, 0.717) is 18.9 Å². The van der Waals surface area contributed by atoms with E-state index in [1.807, 2.05) is 6.07 Å². The number of pyridine rings is 1. The van der Waals surface area contributed by atoms with Crippen LogP contribution >= 0.6 is 0 Å². The van der Waals surface area contributed by atoms with E-state index in [2.05, 4.69) is 21.8 Å². The lowest BCUT2D eigenvalue weighted by Gasteiger charge is -2.09. The average Bonchev–Trinajstić information content (AvgIpc) is 3.06. The van der Waals surface area contributed by atoms with Gasteiger partial charge in [-0.25, -0.2) is 0 Å². The summed E-state index contributed by atoms with van der Waals surface area (Å²) in [5, 5.41) is 7.86. The highest BCUT2D eigenvalue weighted by atomic mass is 16.4. The molecule has 0 spiro atoms. The van der Waals surface area contributed by atoms with Crippen LogP contribution in [0.4, 0.5) is 6.01 Å². The molecule has 0 bridgehead atoms. The Morgan fingerprint density at radius 2 is 2.37 bits per heavy atom. The number of anilines is 1. The van der Waals surface area contributed by atoms with Crippen LogP contribution in [0.15, 0.2) is 41.6 Å². The molecular formula is C13H12N4O2. The maximum Gasteiger partial charge on any atom is 0.325 e. The Balaban J connectivity index is 1.86. The van der Waals surface area contributed by atoms with E-state index in [1.54, 1.807) is 24.5 Å². The Labute approximate surface area is 109 Å². The highest BCUT2D eigenvalue weighted by Crippen LogP contribution is 2.27. The van der Waals surface area contributed by atoms with Crippen LogP contribution in [0.5, 0.6) is 0 Å². The summed E-state index contributed by atoms with van der Waals surface area (Å²) in [5.74, 6) is 0.477. The lowest BCUT2D eigenvalue weighted by molar-refractivity contribution is -0.117. The molecule has 2 aromatic rings. The molecule has 0 aliphatic carbocycles. The van der Waals surface area contributed by atoms with E-state index >= 15 is 0 Å². The number of nitrogens with zero attached hydrogens (tertiary/aromatic N) is 4. The van der Waals surface area contributed by atoms with Gasteiger partial charge in [-0.05, 0) is 12.1 Å². The van der Waals surface area contributed by atoms with Gasteiger partial charge in [0.1, 0.15) is 0 Å². The van der Waals surface area contributed by atoms with Gasteiger partial charge in [0.15, 0.2) is 0 Å². The SMILES string of the molecule is C=CC1CC(=O)N(c2nnc(-c3cccnc3)o2)C1. The predicted molar refractivity (Wildman–Crippen MR) is 68.2 cm³/mol. The molecular weight excluding hydrogens is 244 g/mol. The van der Waals surface area contributed by atoms with Crippen molar-refractivity contribution in [2.45, 2.75) is 6.42 Å². The summed E-state index contributed by atoms with van der Waals surface area (Å²) in [6.07, 6.45) is 5.51. The standard InChI is InChI=1S/C13H12N4O2/c1-2-9-6-11(18)17(8-9)13-16-15-12(19-13)10-4-3-5-14-7-10/h2-5,7,9H,1,6,8H2. The van der Waals surface area contributed by atoms with E-state index in [-0.39, 0.29) is 17.8 Å². The lowest BCUT2D eigenvalue weighted by atomic mass is 10.1. The Bertz CT molecular complexity index is 608. The molecule has 1 aliphatic rings. The van der Waals surface area contributed by atoms with Crippen molar-refractivity contribution in [2.24, 2.45) is 5.92 Å². The van der Waals surface area contributed by atoms with Gasteiger partial charge in [0.2, 0.25) is 5.91 Å². The number of aromatic nitrogens is 3. The van der Waals surface area contributed by atoms with Gasteiger partial charge in [0.25, 0.3) is 5.89 Å². The fourth-order valence-electron chi connectivity index (χ4n) is 2.01. The number of hydrogen-bond acceptors (Lipinski definition) is 5. The third-order valence-corrected chi connectivity index (χ3v) is 3.04. The van der Waals surface area contributed by atoms with Crippen LogP contribution < -0.4 is 4.90 Å². The minimum Gasteiger partial charge on any atom is -0.403 e. The van der Waals surface area contributed by atoms with Crippen LogP contribution in [0.3, 0.4) is 0 Å². The maximum atomic E-state index is 11.8. The molecule has 1 atom stereocenters. The van der Waals surface area contributed by atoms with Crippen molar-refractivity contribution in [1.29, 1.82) is 0 Å². The molecule has 96 valence electrons. The zero-order chi connectivity index (χ0) is 13.2. The highest BCUT2D eigenvalue weighted by Gasteiger charge is 2.32. The molecule has 0 aromatic carbocycles. The van der Waals surface area contributed by atoms with Crippen LogP contribution in [-0.4, -0.2) is 27.6 Å². The van der Waals surface area contributed by atoms with E-state index < -0.39 is 0 Å². The van der Waals surface area contributed by atoms with Crippen molar-refractivity contribution in [3.05, 3.63) is 37.2 Å². The van der Waals surface area contributed by atoms with Crippen LogP contribution in [0.1, 0.15) is 6.42 Å². The first-order valence-electron chi connectivity index (χ1n) is 5.95. The Kier molecular flexibility index (Phi) is 2.83. The molecule has 3 heterocycles. The zero-order valence-electron chi connectivity index (χ0n) is 10.2. The third kappa shape index (κ3) is 2.12. The second-order valence-electron chi connectivity index (χ2n) is 4.34. The summed E-state index contributed by atoms with van der Waals surface area (Å²) < 4.78 is 5.53. The van der Waals surface area contributed by atoms with Crippen LogP contribution in [0.25, 0.3) is 11.5 Å². The van der Waals surface area contributed by atoms with E-state index in [1.165, 1.54) is 4.90 Å². The number of rotatable bonds is 3. The number of carbonyl (C=O) groups is 1. The summed E-state index contributed by atoms with van der Waals surface area (Å²) >= 11 is 0. The molecule has 3 rings (SSSR count).